The molecule has 1 atom stereocenters. The summed E-state index contributed by atoms with van der Waals surface area (Å²) in [5.74, 6) is 1.11. The number of thioether (sulfide) groups is 1. The third-order valence-corrected chi connectivity index (χ3v) is 6.31. The second kappa shape index (κ2) is 12.1. The van der Waals surface area contributed by atoms with Crippen molar-refractivity contribution in [2.75, 3.05) is 19.9 Å². The van der Waals surface area contributed by atoms with Crippen molar-refractivity contribution in [1.82, 2.24) is 10.2 Å². The number of carbonyl (C=O) groups is 2. The van der Waals surface area contributed by atoms with Crippen LogP contribution in [0.3, 0.4) is 0 Å². The van der Waals surface area contributed by atoms with Gasteiger partial charge >= 0.3 is 0 Å². The zero-order valence-electron chi connectivity index (χ0n) is 17.3. The Labute approximate surface area is 192 Å². The average molecular weight is 469 g/mol. The SMILES string of the molecule is CCC(C(=O)NC)N(Cc1cccc(OC)c1)C(=O)CSCc1c(Cl)cccc1Cl. The van der Waals surface area contributed by atoms with E-state index in [1.165, 1.54) is 11.8 Å². The van der Waals surface area contributed by atoms with Gasteiger partial charge in [0.15, 0.2) is 0 Å². The van der Waals surface area contributed by atoms with Gasteiger partial charge in [-0.1, -0.05) is 48.3 Å². The van der Waals surface area contributed by atoms with E-state index in [-0.39, 0.29) is 17.6 Å². The fourth-order valence-electron chi connectivity index (χ4n) is 3.05. The molecule has 0 spiro atoms. The van der Waals surface area contributed by atoms with Crippen LogP contribution in [0.1, 0.15) is 24.5 Å². The number of halogens is 2. The fourth-order valence-corrected chi connectivity index (χ4v) is 4.69. The highest BCUT2D eigenvalue weighted by molar-refractivity contribution is 7.99. The average Bonchev–Trinajstić information content (AvgIpc) is 2.75. The molecule has 2 aromatic rings. The molecule has 2 aromatic carbocycles. The van der Waals surface area contributed by atoms with E-state index in [9.17, 15) is 9.59 Å². The lowest BCUT2D eigenvalue weighted by Gasteiger charge is -2.30. The van der Waals surface area contributed by atoms with Crippen LogP contribution in [0.5, 0.6) is 5.75 Å². The number of nitrogens with one attached hydrogen (secondary N) is 1. The molecule has 0 fully saturated rings. The van der Waals surface area contributed by atoms with Crippen LogP contribution in [-0.2, 0) is 21.9 Å². The minimum Gasteiger partial charge on any atom is -0.497 e. The standard InChI is InChI=1S/C22H26Cl2N2O3S/c1-4-20(22(28)25-2)26(12-15-7-5-8-16(11-15)29-3)21(27)14-30-13-17-18(23)9-6-10-19(17)24/h5-11,20H,4,12-14H2,1-3H3,(H,25,28). The van der Waals surface area contributed by atoms with Crippen LogP contribution < -0.4 is 10.1 Å². The van der Waals surface area contributed by atoms with Gasteiger partial charge in [-0.3, -0.25) is 9.59 Å². The number of methoxy groups -OCH3 is 1. The molecule has 2 amide bonds. The summed E-state index contributed by atoms with van der Waals surface area (Å²) in [6, 6.07) is 12.3. The van der Waals surface area contributed by atoms with Gasteiger partial charge in [-0.15, -0.1) is 11.8 Å². The third kappa shape index (κ3) is 6.56. The van der Waals surface area contributed by atoms with Crippen molar-refractivity contribution in [3.8, 4) is 5.75 Å². The largest absolute Gasteiger partial charge is 0.497 e. The molecule has 0 bridgehead atoms. The molecule has 0 aliphatic heterocycles. The Hall–Kier alpha value is -1.89. The van der Waals surface area contributed by atoms with E-state index in [1.54, 1.807) is 37.3 Å². The molecule has 8 heteroatoms. The third-order valence-electron chi connectivity index (χ3n) is 4.65. The maximum atomic E-state index is 13.1. The molecule has 0 saturated carbocycles. The number of hydrogen-bond acceptors (Lipinski definition) is 4. The smallest absolute Gasteiger partial charge is 0.242 e. The van der Waals surface area contributed by atoms with Gasteiger partial charge in [-0.25, -0.2) is 0 Å². The van der Waals surface area contributed by atoms with E-state index in [0.717, 1.165) is 11.1 Å². The summed E-state index contributed by atoms with van der Waals surface area (Å²) in [4.78, 5) is 27.1. The summed E-state index contributed by atoms with van der Waals surface area (Å²) < 4.78 is 5.28. The number of rotatable bonds is 10. The molecular weight excluding hydrogens is 443 g/mol. The monoisotopic (exact) mass is 468 g/mol. The molecular formula is C22H26Cl2N2O3S. The highest BCUT2D eigenvalue weighted by atomic mass is 35.5. The first-order valence-corrected chi connectivity index (χ1v) is 11.5. The fraction of sp³-hybridized carbons (Fsp3) is 0.364. The lowest BCUT2D eigenvalue weighted by molar-refractivity contribution is -0.139. The summed E-state index contributed by atoms with van der Waals surface area (Å²) in [5.41, 5.74) is 1.69. The molecule has 1 N–H and O–H groups in total. The molecule has 1 unspecified atom stereocenters. The Bertz CT molecular complexity index is 859. The number of nitrogens with zero attached hydrogens (tertiary/aromatic N) is 1. The van der Waals surface area contributed by atoms with E-state index in [2.05, 4.69) is 5.32 Å². The topological polar surface area (TPSA) is 58.6 Å². The summed E-state index contributed by atoms with van der Waals surface area (Å²) >= 11 is 13.9. The number of likely N-dealkylation sites (N-methyl/N-ethyl adjacent to an activating group) is 1. The molecule has 0 aliphatic rings. The lowest BCUT2D eigenvalue weighted by atomic mass is 10.1. The van der Waals surface area contributed by atoms with Crippen LogP contribution in [0.25, 0.3) is 0 Å². The second-order valence-electron chi connectivity index (χ2n) is 6.60. The summed E-state index contributed by atoms with van der Waals surface area (Å²) in [6.07, 6.45) is 0.510. The lowest BCUT2D eigenvalue weighted by Crippen LogP contribution is -2.48. The molecule has 0 heterocycles. The van der Waals surface area contributed by atoms with Gasteiger partial charge in [-0.05, 0) is 41.8 Å². The van der Waals surface area contributed by atoms with Gasteiger partial charge in [0.1, 0.15) is 11.8 Å². The number of hydrogen-bond donors (Lipinski definition) is 1. The van der Waals surface area contributed by atoms with E-state index in [4.69, 9.17) is 27.9 Å². The van der Waals surface area contributed by atoms with Crippen molar-refractivity contribution in [1.29, 1.82) is 0 Å². The Morgan fingerprint density at radius 2 is 1.83 bits per heavy atom. The van der Waals surface area contributed by atoms with Crippen LogP contribution in [0.2, 0.25) is 10.0 Å². The van der Waals surface area contributed by atoms with Gasteiger partial charge in [0.2, 0.25) is 11.8 Å². The molecule has 5 nitrogen and oxygen atoms in total. The quantitative estimate of drug-likeness (QED) is 0.544. The number of ether oxygens (including phenoxy) is 1. The van der Waals surface area contributed by atoms with Crippen LogP contribution in [0.15, 0.2) is 42.5 Å². The van der Waals surface area contributed by atoms with Gasteiger partial charge in [0.05, 0.1) is 12.9 Å². The Morgan fingerprint density at radius 1 is 1.17 bits per heavy atom. The van der Waals surface area contributed by atoms with Crippen LogP contribution in [0, 0.1) is 0 Å². The van der Waals surface area contributed by atoms with Crippen molar-refractivity contribution in [3.05, 3.63) is 63.6 Å². The van der Waals surface area contributed by atoms with Crippen molar-refractivity contribution >= 4 is 46.8 Å². The van der Waals surface area contributed by atoms with Crippen LogP contribution in [-0.4, -0.2) is 42.7 Å². The Morgan fingerprint density at radius 3 is 2.43 bits per heavy atom. The summed E-state index contributed by atoms with van der Waals surface area (Å²) in [7, 11) is 3.17. The first kappa shape index (κ1) is 24.4. The first-order valence-electron chi connectivity index (χ1n) is 9.55. The molecule has 162 valence electrons. The highest BCUT2D eigenvalue weighted by Gasteiger charge is 2.28. The maximum Gasteiger partial charge on any atom is 0.242 e. The van der Waals surface area contributed by atoms with E-state index >= 15 is 0 Å². The number of carbonyl (C=O) groups excluding carboxylic acids is 2. The zero-order valence-corrected chi connectivity index (χ0v) is 19.6. The van der Waals surface area contributed by atoms with Crippen molar-refractivity contribution < 1.29 is 14.3 Å². The maximum absolute atomic E-state index is 13.1. The van der Waals surface area contributed by atoms with Gasteiger partial charge in [0, 0.05) is 29.4 Å². The predicted octanol–water partition coefficient (Wildman–Crippen LogP) is 4.79. The van der Waals surface area contributed by atoms with Crippen molar-refractivity contribution in [2.24, 2.45) is 0 Å². The van der Waals surface area contributed by atoms with E-state index in [0.29, 0.717) is 34.5 Å². The molecule has 0 aliphatic carbocycles. The summed E-state index contributed by atoms with van der Waals surface area (Å²) in [6.45, 7) is 2.21. The van der Waals surface area contributed by atoms with Crippen LogP contribution in [0.4, 0.5) is 0 Å². The predicted molar refractivity (Wildman–Crippen MR) is 124 cm³/mol. The molecule has 2 rings (SSSR count). The normalized spacial score (nSPS) is 11.6. The van der Waals surface area contributed by atoms with Gasteiger partial charge in [0.25, 0.3) is 0 Å². The number of benzene rings is 2. The molecule has 0 radical (unpaired) electrons. The summed E-state index contributed by atoms with van der Waals surface area (Å²) in [5, 5.41) is 3.81. The van der Waals surface area contributed by atoms with E-state index in [1.807, 2.05) is 31.2 Å². The zero-order chi connectivity index (χ0) is 22.1. The number of amides is 2. The van der Waals surface area contributed by atoms with Crippen molar-refractivity contribution in [3.63, 3.8) is 0 Å². The first-order chi connectivity index (χ1) is 14.4. The minimum absolute atomic E-state index is 0.124. The molecule has 0 aromatic heterocycles. The molecule has 30 heavy (non-hydrogen) atoms. The van der Waals surface area contributed by atoms with Gasteiger partial charge < -0.3 is 15.0 Å². The van der Waals surface area contributed by atoms with Crippen LogP contribution >= 0.6 is 35.0 Å². The van der Waals surface area contributed by atoms with Gasteiger partial charge in [-0.2, -0.15) is 0 Å². The second-order valence-corrected chi connectivity index (χ2v) is 8.40. The minimum atomic E-state index is -0.557. The Kier molecular flexibility index (Phi) is 9.82. The molecule has 0 saturated heterocycles. The highest BCUT2D eigenvalue weighted by Crippen LogP contribution is 2.28. The van der Waals surface area contributed by atoms with Crippen molar-refractivity contribution in [2.45, 2.75) is 31.7 Å². The van der Waals surface area contributed by atoms with E-state index < -0.39 is 6.04 Å². The Balaban J connectivity index is 2.15.